The number of nitrogens with two attached hydrogens (primary N) is 1. The van der Waals surface area contributed by atoms with Crippen LogP contribution in [0.1, 0.15) is 0 Å². The summed E-state index contributed by atoms with van der Waals surface area (Å²) in [5, 5.41) is 36.7. The van der Waals surface area contributed by atoms with Gasteiger partial charge in [0.15, 0.2) is 0 Å². The highest BCUT2D eigenvalue weighted by molar-refractivity contribution is 7.99. The number of nitrogen functional groups attached to an aromatic ring is 1. The summed E-state index contributed by atoms with van der Waals surface area (Å²) in [5.74, 6) is -0.137. The van der Waals surface area contributed by atoms with Crippen LogP contribution < -0.4 is 17.0 Å². The summed E-state index contributed by atoms with van der Waals surface area (Å²) in [7, 11) is 0. The number of hydrogen-bond acceptors (Lipinski definition) is 8. The number of aromatic nitrogens is 2. The van der Waals surface area contributed by atoms with Crippen LogP contribution in [0.15, 0.2) is 14.6 Å². The molecule has 0 aliphatic rings. The largest absolute Gasteiger partial charge is 0.394 e. The Balaban J connectivity index is 2.72. The summed E-state index contributed by atoms with van der Waals surface area (Å²) in [6.07, 6.45) is -4.40. The first-order chi connectivity index (χ1) is 8.86. The summed E-state index contributed by atoms with van der Waals surface area (Å²) < 4.78 is 0. The molecule has 0 fully saturated rings. The molecule has 0 aliphatic heterocycles. The Hall–Kier alpha value is -1.33. The van der Waals surface area contributed by atoms with Crippen molar-refractivity contribution in [3.63, 3.8) is 0 Å². The zero-order valence-electron chi connectivity index (χ0n) is 9.74. The van der Waals surface area contributed by atoms with Crippen LogP contribution in [0, 0.1) is 0 Å². The fourth-order valence-electron chi connectivity index (χ4n) is 1.22. The van der Waals surface area contributed by atoms with E-state index in [2.05, 4.69) is 4.98 Å². The third-order valence-electron chi connectivity index (χ3n) is 2.32. The molecule has 0 radical (unpaired) electrons. The van der Waals surface area contributed by atoms with Gasteiger partial charge in [-0.25, -0.2) is 4.79 Å². The fourth-order valence-corrected chi connectivity index (χ4v) is 2.17. The van der Waals surface area contributed by atoms with Crippen molar-refractivity contribution < 1.29 is 20.4 Å². The second kappa shape index (κ2) is 6.73. The molecule has 0 bridgehead atoms. The molecule has 1 heterocycles. The van der Waals surface area contributed by atoms with Gasteiger partial charge in [0.1, 0.15) is 22.9 Å². The maximum Gasteiger partial charge on any atom is 0.326 e. The highest BCUT2D eigenvalue weighted by Crippen LogP contribution is 2.20. The molecular formula is C9H15N3O6S. The van der Waals surface area contributed by atoms with E-state index in [4.69, 9.17) is 15.9 Å². The topological polar surface area (TPSA) is 173 Å². The number of hydrogen-bond donors (Lipinski definition) is 7. The molecule has 19 heavy (non-hydrogen) atoms. The standard InChI is InChI=1S/C9H15N3O6S/c10-5-7(17)11-9(18)12-8(5)19-2-4(15)6(16)3(14)1-13/h3-4,6,13-16H,1-2,10H2,(H2,11,12,17,18)/t3-,4+,6-/m1/s1. The molecule has 0 saturated carbocycles. The van der Waals surface area contributed by atoms with Crippen LogP contribution in [0.2, 0.25) is 0 Å². The zero-order chi connectivity index (χ0) is 14.6. The molecule has 10 heteroatoms. The molecule has 0 unspecified atom stereocenters. The first kappa shape index (κ1) is 15.7. The van der Waals surface area contributed by atoms with Crippen LogP contribution in [-0.4, -0.2) is 61.1 Å². The van der Waals surface area contributed by atoms with Gasteiger partial charge in [-0.2, -0.15) is 0 Å². The van der Waals surface area contributed by atoms with E-state index < -0.39 is 36.2 Å². The van der Waals surface area contributed by atoms with Crippen LogP contribution in [0.4, 0.5) is 5.69 Å². The number of rotatable bonds is 6. The van der Waals surface area contributed by atoms with E-state index in [1.54, 1.807) is 0 Å². The molecule has 0 aromatic carbocycles. The molecule has 1 aromatic rings. The van der Waals surface area contributed by atoms with Gasteiger partial charge in [-0.1, -0.05) is 0 Å². The van der Waals surface area contributed by atoms with Gasteiger partial charge in [-0.15, -0.1) is 11.8 Å². The van der Waals surface area contributed by atoms with Crippen molar-refractivity contribution in [2.24, 2.45) is 0 Å². The monoisotopic (exact) mass is 293 g/mol. The molecule has 8 N–H and O–H groups in total. The first-order valence-electron chi connectivity index (χ1n) is 5.26. The van der Waals surface area contributed by atoms with Crippen LogP contribution >= 0.6 is 11.8 Å². The van der Waals surface area contributed by atoms with E-state index in [0.29, 0.717) is 0 Å². The number of nitrogens with one attached hydrogen (secondary N) is 2. The van der Waals surface area contributed by atoms with E-state index in [0.717, 1.165) is 11.8 Å². The number of H-pyrrole nitrogens is 2. The van der Waals surface area contributed by atoms with E-state index in [-0.39, 0.29) is 16.5 Å². The SMILES string of the molecule is Nc1c(SC[C@H](O)[C@H](O)[C@H](O)CO)[nH]c(=O)[nH]c1=O. The van der Waals surface area contributed by atoms with E-state index >= 15 is 0 Å². The lowest BCUT2D eigenvalue weighted by molar-refractivity contribution is -0.0683. The average Bonchev–Trinajstić information content (AvgIpc) is 2.38. The van der Waals surface area contributed by atoms with Gasteiger partial charge in [-0.3, -0.25) is 9.78 Å². The predicted molar refractivity (Wildman–Crippen MR) is 67.9 cm³/mol. The quantitative estimate of drug-likeness (QED) is 0.212. The Morgan fingerprint density at radius 3 is 2.37 bits per heavy atom. The Kier molecular flexibility index (Phi) is 5.57. The minimum atomic E-state index is -1.55. The van der Waals surface area contributed by atoms with Crippen molar-refractivity contribution in [1.82, 2.24) is 9.97 Å². The van der Waals surface area contributed by atoms with Crippen molar-refractivity contribution in [2.75, 3.05) is 18.1 Å². The van der Waals surface area contributed by atoms with Crippen molar-refractivity contribution >= 4 is 17.4 Å². The third kappa shape index (κ3) is 4.08. The minimum absolute atomic E-state index is 0.0542. The molecule has 0 saturated heterocycles. The van der Waals surface area contributed by atoms with Crippen molar-refractivity contribution in [1.29, 1.82) is 0 Å². The molecule has 0 amide bonds. The second-order valence-corrected chi connectivity index (χ2v) is 4.80. The number of aliphatic hydroxyl groups excluding tert-OH is 4. The average molecular weight is 293 g/mol. The van der Waals surface area contributed by atoms with E-state index in [1.807, 2.05) is 4.98 Å². The number of aromatic amines is 2. The number of anilines is 1. The van der Waals surface area contributed by atoms with Crippen LogP contribution in [-0.2, 0) is 0 Å². The van der Waals surface area contributed by atoms with Crippen molar-refractivity contribution in [3.8, 4) is 0 Å². The summed E-state index contributed by atoms with van der Waals surface area (Å²) in [6, 6.07) is 0. The van der Waals surface area contributed by atoms with Crippen LogP contribution in [0.3, 0.4) is 0 Å². The summed E-state index contributed by atoms with van der Waals surface area (Å²) >= 11 is 0.836. The molecule has 1 aromatic heterocycles. The van der Waals surface area contributed by atoms with E-state index in [9.17, 15) is 19.8 Å². The van der Waals surface area contributed by atoms with E-state index in [1.165, 1.54) is 0 Å². The normalized spacial score (nSPS) is 16.0. The highest BCUT2D eigenvalue weighted by Gasteiger charge is 2.24. The summed E-state index contributed by atoms with van der Waals surface area (Å²) in [6.45, 7) is -0.702. The molecule has 3 atom stereocenters. The van der Waals surface area contributed by atoms with Gasteiger partial charge >= 0.3 is 5.69 Å². The van der Waals surface area contributed by atoms with Gasteiger partial charge in [0.25, 0.3) is 5.56 Å². The maximum atomic E-state index is 11.2. The lowest BCUT2D eigenvalue weighted by Crippen LogP contribution is -2.40. The van der Waals surface area contributed by atoms with Crippen molar-refractivity contribution in [3.05, 3.63) is 20.8 Å². The van der Waals surface area contributed by atoms with Gasteiger partial charge in [0.2, 0.25) is 0 Å². The predicted octanol–water partition coefficient (Wildman–Crippen LogP) is -3.19. The van der Waals surface area contributed by atoms with Gasteiger partial charge in [0, 0.05) is 5.75 Å². The Morgan fingerprint density at radius 2 is 1.79 bits per heavy atom. The molecule has 0 aliphatic carbocycles. The third-order valence-corrected chi connectivity index (χ3v) is 3.44. The number of thioether (sulfide) groups is 1. The van der Waals surface area contributed by atoms with Gasteiger partial charge < -0.3 is 31.1 Å². The van der Waals surface area contributed by atoms with Gasteiger partial charge in [0.05, 0.1) is 12.7 Å². The Labute approximate surface area is 111 Å². The highest BCUT2D eigenvalue weighted by atomic mass is 32.2. The molecule has 9 nitrogen and oxygen atoms in total. The summed E-state index contributed by atoms with van der Waals surface area (Å²) in [4.78, 5) is 26.4. The maximum absolute atomic E-state index is 11.2. The first-order valence-corrected chi connectivity index (χ1v) is 6.25. The van der Waals surface area contributed by atoms with Gasteiger partial charge in [-0.05, 0) is 0 Å². The lowest BCUT2D eigenvalue weighted by atomic mass is 10.1. The van der Waals surface area contributed by atoms with Crippen molar-refractivity contribution in [2.45, 2.75) is 23.3 Å². The zero-order valence-corrected chi connectivity index (χ0v) is 10.6. The number of aliphatic hydroxyl groups is 4. The molecule has 0 spiro atoms. The molecular weight excluding hydrogens is 278 g/mol. The van der Waals surface area contributed by atoms with Crippen LogP contribution in [0.25, 0.3) is 0 Å². The molecule has 108 valence electrons. The Bertz CT molecular complexity index is 529. The summed E-state index contributed by atoms with van der Waals surface area (Å²) in [5.41, 5.74) is 3.72. The second-order valence-electron chi connectivity index (χ2n) is 3.77. The Morgan fingerprint density at radius 1 is 1.16 bits per heavy atom. The molecule has 1 rings (SSSR count). The smallest absolute Gasteiger partial charge is 0.326 e. The van der Waals surface area contributed by atoms with Crippen LogP contribution in [0.5, 0.6) is 0 Å². The fraction of sp³-hybridized carbons (Fsp3) is 0.556. The lowest BCUT2D eigenvalue weighted by Gasteiger charge is -2.21. The minimum Gasteiger partial charge on any atom is -0.394 e.